The predicted octanol–water partition coefficient (Wildman–Crippen LogP) is 3.00. The maximum absolute atomic E-state index is 13.6. The van der Waals surface area contributed by atoms with E-state index in [4.69, 9.17) is 4.42 Å². The van der Waals surface area contributed by atoms with Crippen molar-refractivity contribution < 1.29 is 34.1 Å². The third-order valence-electron chi connectivity index (χ3n) is 8.13. The number of hydrogen-bond acceptors (Lipinski definition) is 10. The molecule has 1 aromatic carbocycles. The van der Waals surface area contributed by atoms with Crippen LogP contribution >= 0.6 is 0 Å². The van der Waals surface area contributed by atoms with Gasteiger partial charge in [-0.2, -0.15) is 0 Å². The minimum atomic E-state index is -0.781. The zero-order valence-electron chi connectivity index (χ0n) is 25.9. The zero-order chi connectivity index (χ0) is 31.1. The Balaban J connectivity index is 1.90. The van der Waals surface area contributed by atoms with E-state index in [1.807, 2.05) is 58.3 Å². The van der Waals surface area contributed by atoms with Gasteiger partial charge in [-0.1, -0.05) is 0 Å². The Kier molecular flexibility index (Phi) is 11.9. The van der Waals surface area contributed by atoms with Gasteiger partial charge >= 0.3 is 0 Å². The number of aliphatic hydroxyl groups excluding tert-OH is 2. The number of ketones is 3. The summed E-state index contributed by atoms with van der Waals surface area (Å²) in [6.07, 6.45) is 1.10. The van der Waals surface area contributed by atoms with Gasteiger partial charge in [0.05, 0.1) is 30.7 Å². The Labute approximate surface area is 248 Å². The van der Waals surface area contributed by atoms with E-state index in [0.29, 0.717) is 36.3 Å². The summed E-state index contributed by atoms with van der Waals surface area (Å²) < 4.78 is 6.13. The molecule has 0 saturated carbocycles. The van der Waals surface area contributed by atoms with Crippen molar-refractivity contribution in [2.45, 2.75) is 45.6 Å². The minimum Gasteiger partial charge on any atom is -0.506 e. The van der Waals surface area contributed by atoms with Gasteiger partial charge in [0.2, 0.25) is 0 Å². The third kappa shape index (κ3) is 8.28. The first kappa shape index (κ1) is 33.5. The topological polar surface area (TPSA) is 135 Å². The monoisotopic (exact) mass is 585 g/mol. The molecule has 42 heavy (non-hydrogen) atoms. The van der Waals surface area contributed by atoms with Crippen LogP contribution in [0.15, 0.2) is 22.6 Å². The number of aromatic hydroxyl groups is 1. The number of phenolic OH excluding ortho intramolecular Hbond substituents is 1. The number of likely N-dealkylation sites (N-methyl/N-ethyl adjacent to an activating group) is 2. The van der Waals surface area contributed by atoms with E-state index in [1.54, 1.807) is 0 Å². The predicted molar refractivity (Wildman–Crippen MR) is 162 cm³/mol. The molecule has 0 bridgehead atoms. The van der Waals surface area contributed by atoms with Crippen molar-refractivity contribution in [3.05, 3.63) is 35.1 Å². The molecule has 0 spiro atoms. The number of rotatable bonds is 16. The van der Waals surface area contributed by atoms with Gasteiger partial charge in [0, 0.05) is 51.8 Å². The highest BCUT2D eigenvalue weighted by Gasteiger charge is 2.36. The molecule has 3 unspecified atom stereocenters. The number of phenols is 1. The van der Waals surface area contributed by atoms with Crippen molar-refractivity contribution in [3.8, 4) is 17.1 Å². The van der Waals surface area contributed by atoms with Crippen LogP contribution in [0.4, 0.5) is 5.69 Å². The Hall–Kier alpha value is -3.05. The summed E-state index contributed by atoms with van der Waals surface area (Å²) in [5, 5.41) is 31.1. The van der Waals surface area contributed by atoms with E-state index < -0.39 is 12.5 Å². The van der Waals surface area contributed by atoms with Gasteiger partial charge in [0.15, 0.2) is 5.78 Å². The van der Waals surface area contributed by atoms with Crippen LogP contribution in [0.3, 0.4) is 0 Å². The van der Waals surface area contributed by atoms with Gasteiger partial charge in [0.25, 0.3) is 0 Å². The second-order valence-electron chi connectivity index (χ2n) is 12.2. The van der Waals surface area contributed by atoms with Crippen molar-refractivity contribution in [2.24, 2.45) is 17.8 Å². The summed E-state index contributed by atoms with van der Waals surface area (Å²) in [5.41, 5.74) is 2.27. The molecule has 232 valence electrons. The van der Waals surface area contributed by atoms with E-state index >= 15 is 0 Å². The molecule has 2 aromatic rings. The fourth-order valence-electron chi connectivity index (χ4n) is 5.97. The highest BCUT2D eigenvalue weighted by molar-refractivity contribution is 6.05. The molecule has 0 saturated heterocycles. The fraction of sp³-hybridized carbons (Fsp3) is 0.594. The highest BCUT2D eigenvalue weighted by Crippen LogP contribution is 2.45. The van der Waals surface area contributed by atoms with Crippen molar-refractivity contribution in [3.63, 3.8) is 0 Å². The van der Waals surface area contributed by atoms with Crippen LogP contribution in [0.5, 0.6) is 5.75 Å². The van der Waals surface area contributed by atoms with Crippen molar-refractivity contribution in [1.29, 1.82) is 0 Å². The summed E-state index contributed by atoms with van der Waals surface area (Å²) in [5.74, 6) is -0.978. The Morgan fingerprint density at radius 1 is 1.07 bits per heavy atom. The lowest BCUT2D eigenvalue weighted by molar-refractivity contribution is -0.131. The lowest BCUT2D eigenvalue weighted by Crippen LogP contribution is -2.33. The van der Waals surface area contributed by atoms with Crippen LogP contribution in [0.25, 0.3) is 11.3 Å². The van der Waals surface area contributed by atoms with Crippen LogP contribution in [0.1, 0.15) is 54.3 Å². The maximum Gasteiger partial charge on any atom is 0.167 e. The average molecular weight is 586 g/mol. The van der Waals surface area contributed by atoms with E-state index in [1.165, 1.54) is 6.92 Å². The summed E-state index contributed by atoms with van der Waals surface area (Å²) in [4.78, 5) is 44.0. The molecule has 3 N–H and O–H groups in total. The van der Waals surface area contributed by atoms with Crippen LogP contribution in [0, 0.1) is 17.8 Å². The van der Waals surface area contributed by atoms with Crippen molar-refractivity contribution >= 4 is 23.0 Å². The number of benzene rings is 1. The summed E-state index contributed by atoms with van der Waals surface area (Å²) in [7, 11) is 9.85. The number of hydrogen-bond donors (Lipinski definition) is 3. The largest absolute Gasteiger partial charge is 0.506 e. The van der Waals surface area contributed by atoms with Crippen LogP contribution < -0.4 is 4.90 Å². The Morgan fingerprint density at radius 3 is 2.38 bits per heavy atom. The van der Waals surface area contributed by atoms with Gasteiger partial charge in [0.1, 0.15) is 28.8 Å². The van der Waals surface area contributed by atoms with Crippen molar-refractivity contribution in [2.75, 3.05) is 66.4 Å². The number of Topliss-reactive ketones (excluding diaryl/α,β-unsaturated/α-hetero) is 3. The van der Waals surface area contributed by atoms with E-state index in [-0.39, 0.29) is 60.8 Å². The van der Waals surface area contributed by atoms with Crippen LogP contribution in [-0.2, 0) is 22.6 Å². The average Bonchev–Trinajstić information content (AvgIpc) is 3.35. The van der Waals surface area contributed by atoms with Crippen LogP contribution in [-0.4, -0.2) is 104 Å². The van der Waals surface area contributed by atoms with Crippen molar-refractivity contribution in [1.82, 2.24) is 9.80 Å². The first-order chi connectivity index (χ1) is 19.9. The molecule has 10 heteroatoms. The van der Waals surface area contributed by atoms with Gasteiger partial charge in [-0.05, 0) is 82.9 Å². The molecule has 1 aliphatic rings. The standard InChI is InChI=1S/C32H47N3O7/c1-20(38)13-28(39)26(19-37)22(9-12-36)14-21-15-24-27(34(4)5)17-25(32(41)31(24)29(40)16-21)30-8-7-23(42-30)18-35(6)11-10-33(2)3/h7-8,17,21-22,26,36-37,41H,9-16,18-19H2,1-6H3. The molecular weight excluding hydrogens is 538 g/mol. The number of anilines is 1. The lowest BCUT2D eigenvalue weighted by Gasteiger charge is -2.33. The van der Waals surface area contributed by atoms with Gasteiger partial charge in [-0.15, -0.1) is 0 Å². The second kappa shape index (κ2) is 14.9. The van der Waals surface area contributed by atoms with Gasteiger partial charge < -0.3 is 29.5 Å². The maximum atomic E-state index is 13.6. The molecule has 10 nitrogen and oxygen atoms in total. The number of furan rings is 1. The van der Waals surface area contributed by atoms with Gasteiger partial charge in [-0.3, -0.25) is 19.3 Å². The molecule has 3 atom stereocenters. The molecule has 0 radical (unpaired) electrons. The summed E-state index contributed by atoms with van der Waals surface area (Å²) in [6, 6.07) is 5.55. The molecule has 3 rings (SSSR count). The fourth-order valence-corrected chi connectivity index (χ4v) is 5.97. The zero-order valence-corrected chi connectivity index (χ0v) is 25.9. The summed E-state index contributed by atoms with van der Waals surface area (Å²) >= 11 is 0. The highest BCUT2D eigenvalue weighted by atomic mass is 16.3. The molecule has 0 aliphatic heterocycles. The lowest BCUT2D eigenvalue weighted by atomic mass is 9.73. The molecular formula is C32H47N3O7. The Morgan fingerprint density at radius 2 is 1.79 bits per heavy atom. The SMILES string of the molecule is CC(=O)CC(=O)C(CO)C(CCO)CC1CC(=O)c2c(O)c(-c3ccc(CN(C)CCN(C)C)o3)cc(N(C)C)c2C1. The summed E-state index contributed by atoms with van der Waals surface area (Å²) in [6.45, 7) is 3.15. The number of aliphatic hydroxyl groups is 2. The normalized spacial score (nSPS) is 16.5. The molecule has 0 amide bonds. The second-order valence-corrected chi connectivity index (χ2v) is 12.2. The minimum absolute atomic E-state index is 0.0994. The quantitative estimate of drug-likeness (QED) is 0.252. The molecule has 1 heterocycles. The van der Waals surface area contributed by atoms with Gasteiger partial charge in [-0.25, -0.2) is 0 Å². The van der Waals surface area contributed by atoms with E-state index in [9.17, 15) is 29.7 Å². The third-order valence-corrected chi connectivity index (χ3v) is 8.13. The number of carbonyl (C=O) groups excluding carboxylic acids is 3. The molecule has 1 aliphatic carbocycles. The number of nitrogens with zero attached hydrogens (tertiary/aromatic N) is 3. The molecule has 0 fully saturated rings. The van der Waals surface area contributed by atoms with E-state index in [2.05, 4.69) is 9.80 Å². The first-order valence-corrected chi connectivity index (χ1v) is 14.6. The Bertz CT molecular complexity index is 1250. The molecule has 1 aromatic heterocycles. The van der Waals surface area contributed by atoms with Crippen LogP contribution in [0.2, 0.25) is 0 Å². The smallest absolute Gasteiger partial charge is 0.167 e. The first-order valence-electron chi connectivity index (χ1n) is 14.6. The number of carbonyl (C=O) groups is 3. The number of fused-ring (bicyclic) bond motifs is 1. The van der Waals surface area contributed by atoms with E-state index in [0.717, 1.165) is 30.1 Å².